The lowest BCUT2D eigenvalue weighted by Gasteiger charge is -2.02. The monoisotopic (exact) mass is 221 g/mol. The van der Waals surface area contributed by atoms with Gasteiger partial charge in [0.1, 0.15) is 11.6 Å². The number of rotatable bonds is 4. The second-order valence-electron chi connectivity index (χ2n) is 3.23. The number of hydrogen-bond acceptors (Lipinski definition) is 2. The van der Waals surface area contributed by atoms with E-state index < -0.39 is 0 Å². The predicted octanol–water partition coefficient (Wildman–Crippen LogP) is 2.19. The zero-order valence-corrected chi connectivity index (χ0v) is 9.64. The van der Waals surface area contributed by atoms with Crippen molar-refractivity contribution in [2.45, 2.75) is 13.3 Å². The molecule has 0 spiro atoms. The largest absolute Gasteiger partial charge is 0.494 e. The standard InChI is InChI=1S/C13H16FNO/c1-3-16-12-8-7-11(13(14)10-12)6-4-5-9-15-2/h7-8,10,15H,3,5,9H2,1-2H3. The van der Waals surface area contributed by atoms with Gasteiger partial charge in [-0.15, -0.1) is 0 Å². The van der Waals surface area contributed by atoms with Crippen LogP contribution in [0.5, 0.6) is 5.75 Å². The lowest BCUT2D eigenvalue weighted by molar-refractivity contribution is 0.338. The van der Waals surface area contributed by atoms with Gasteiger partial charge in [-0.05, 0) is 26.1 Å². The molecule has 0 aromatic heterocycles. The van der Waals surface area contributed by atoms with E-state index in [4.69, 9.17) is 4.74 Å². The zero-order valence-electron chi connectivity index (χ0n) is 9.64. The topological polar surface area (TPSA) is 21.3 Å². The van der Waals surface area contributed by atoms with Gasteiger partial charge in [0.25, 0.3) is 0 Å². The summed E-state index contributed by atoms with van der Waals surface area (Å²) in [5.74, 6) is 5.91. The summed E-state index contributed by atoms with van der Waals surface area (Å²) in [6, 6.07) is 4.74. The van der Waals surface area contributed by atoms with Gasteiger partial charge in [0, 0.05) is 19.0 Å². The molecule has 0 unspecified atom stereocenters. The minimum atomic E-state index is -0.331. The third kappa shape index (κ3) is 3.92. The second kappa shape index (κ2) is 6.86. The zero-order chi connectivity index (χ0) is 11.8. The molecule has 0 bridgehead atoms. The van der Waals surface area contributed by atoms with Gasteiger partial charge in [-0.25, -0.2) is 4.39 Å². The maximum absolute atomic E-state index is 13.5. The number of hydrogen-bond donors (Lipinski definition) is 1. The molecule has 0 radical (unpaired) electrons. The van der Waals surface area contributed by atoms with Crippen molar-refractivity contribution in [1.82, 2.24) is 5.32 Å². The van der Waals surface area contributed by atoms with Gasteiger partial charge < -0.3 is 10.1 Å². The maximum atomic E-state index is 13.5. The molecule has 0 heterocycles. The van der Waals surface area contributed by atoms with E-state index in [2.05, 4.69) is 17.2 Å². The van der Waals surface area contributed by atoms with Crippen LogP contribution in [-0.2, 0) is 0 Å². The van der Waals surface area contributed by atoms with Crippen LogP contribution in [-0.4, -0.2) is 20.2 Å². The molecular weight excluding hydrogens is 205 g/mol. The van der Waals surface area contributed by atoms with Crippen LogP contribution >= 0.6 is 0 Å². The van der Waals surface area contributed by atoms with E-state index in [0.29, 0.717) is 24.3 Å². The summed E-state index contributed by atoms with van der Waals surface area (Å²) in [4.78, 5) is 0. The predicted molar refractivity (Wildman–Crippen MR) is 63.0 cm³/mol. The summed E-state index contributed by atoms with van der Waals surface area (Å²) in [5, 5.41) is 2.98. The van der Waals surface area contributed by atoms with E-state index in [-0.39, 0.29) is 5.82 Å². The molecule has 1 rings (SSSR count). The molecule has 0 saturated carbocycles. The fraction of sp³-hybridized carbons (Fsp3) is 0.385. The van der Waals surface area contributed by atoms with Gasteiger partial charge in [0.15, 0.2) is 0 Å². The van der Waals surface area contributed by atoms with Crippen molar-refractivity contribution in [3.8, 4) is 17.6 Å². The van der Waals surface area contributed by atoms with Gasteiger partial charge >= 0.3 is 0 Å². The first-order valence-electron chi connectivity index (χ1n) is 5.33. The van der Waals surface area contributed by atoms with Crippen LogP contribution in [0.4, 0.5) is 4.39 Å². The Kier molecular flexibility index (Phi) is 5.38. The summed E-state index contributed by atoms with van der Waals surface area (Å²) in [6.07, 6.45) is 0.711. The Morgan fingerprint density at radius 1 is 1.44 bits per heavy atom. The summed E-state index contributed by atoms with van der Waals surface area (Å²) >= 11 is 0. The van der Waals surface area contributed by atoms with E-state index in [1.54, 1.807) is 12.1 Å². The minimum absolute atomic E-state index is 0.331. The van der Waals surface area contributed by atoms with Gasteiger partial charge in [0.2, 0.25) is 0 Å². The highest BCUT2D eigenvalue weighted by molar-refractivity contribution is 5.39. The average Bonchev–Trinajstić information content (AvgIpc) is 2.27. The summed E-state index contributed by atoms with van der Waals surface area (Å²) in [7, 11) is 1.86. The van der Waals surface area contributed by atoms with Crippen molar-refractivity contribution < 1.29 is 9.13 Å². The van der Waals surface area contributed by atoms with Crippen LogP contribution in [0.15, 0.2) is 18.2 Å². The molecule has 0 aliphatic carbocycles. The summed E-state index contributed by atoms with van der Waals surface area (Å²) in [6.45, 7) is 3.21. The highest BCUT2D eigenvalue weighted by Crippen LogP contribution is 2.15. The molecule has 1 aromatic rings. The number of benzene rings is 1. The van der Waals surface area contributed by atoms with Crippen LogP contribution in [0, 0.1) is 17.7 Å². The third-order valence-corrected chi connectivity index (χ3v) is 1.97. The fourth-order valence-corrected chi connectivity index (χ4v) is 1.20. The van der Waals surface area contributed by atoms with E-state index in [0.717, 1.165) is 6.54 Å². The Bertz CT molecular complexity index is 393. The van der Waals surface area contributed by atoms with Gasteiger partial charge in [-0.2, -0.15) is 0 Å². The van der Waals surface area contributed by atoms with Crippen molar-refractivity contribution >= 4 is 0 Å². The molecule has 0 saturated heterocycles. The van der Waals surface area contributed by atoms with Crippen LogP contribution in [0.3, 0.4) is 0 Å². The van der Waals surface area contributed by atoms with Crippen LogP contribution in [0.2, 0.25) is 0 Å². The Labute approximate surface area is 95.8 Å². The highest BCUT2D eigenvalue weighted by Gasteiger charge is 2.00. The van der Waals surface area contributed by atoms with Crippen molar-refractivity contribution in [1.29, 1.82) is 0 Å². The molecule has 0 aliphatic rings. The molecule has 16 heavy (non-hydrogen) atoms. The molecule has 1 aromatic carbocycles. The quantitative estimate of drug-likeness (QED) is 0.621. The highest BCUT2D eigenvalue weighted by atomic mass is 19.1. The molecular formula is C13H16FNO. The lowest BCUT2D eigenvalue weighted by atomic mass is 10.2. The molecule has 1 N–H and O–H groups in total. The SMILES string of the molecule is CCOc1ccc(C#CCCNC)c(F)c1. The first-order chi connectivity index (χ1) is 7.77. The minimum Gasteiger partial charge on any atom is -0.494 e. The normalized spacial score (nSPS) is 9.44. The maximum Gasteiger partial charge on any atom is 0.142 e. The lowest BCUT2D eigenvalue weighted by Crippen LogP contribution is -2.05. The molecule has 3 heteroatoms. The molecule has 86 valence electrons. The van der Waals surface area contributed by atoms with E-state index in [9.17, 15) is 4.39 Å². The van der Waals surface area contributed by atoms with Crippen LogP contribution in [0.1, 0.15) is 18.9 Å². The van der Waals surface area contributed by atoms with E-state index >= 15 is 0 Å². The average molecular weight is 221 g/mol. The summed E-state index contributed by atoms with van der Waals surface area (Å²) < 4.78 is 18.7. The second-order valence-corrected chi connectivity index (χ2v) is 3.23. The summed E-state index contributed by atoms with van der Waals surface area (Å²) in [5.41, 5.74) is 0.416. The van der Waals surface area contributed by atoms with Crippen molar-refractivity contribution in [3.05, 3.63) is 29.6 Å². The van der Waals surface area contributed by atoms with E-state index in [1.165, 1.54) is 6.07 Å². The molecule has 2 nitrogen and oxygen atoms in total. The first-order valence-corrected chi connectivity index (χ1v) is 5.33. The Balaban J connectivity index is 2.69. The van der Waals surface area contributed by atoms with Gasteiger partial charge in [0.05, 0.1) is 12.2 Å². The van der Waals surface area contributed by atoms with Crippen molar-refractivity contribution in [2.24, 2.45) is 0 Å². The van der Waals surface area contributed by atoms with E-state index in [1.807, 2.05) is 14.0 Å². The Hall–Kier alpha value is -1.53. The third-order valence-electron chi connectivity index (χ3n) is 1.97. The number of nitrogens with one attached hydrogen (secondary N) is 1. The molecule has 0 atom stereocenters. The van der Waals surface area contributed by atoms with Crippen LogP contribution < -0.4 is 10.1 Å². The van der Waals surface area contributed by atoms with Gasteiger partial charge in [-0.1, -0.05) is 11.8 Å². The van der Waals surface area contributed by atoms with Crippen molar-refractivity contribution in [3.63, 3.8) is 0 Å². The van der Waals surface area contributed by atoms with Gasteiger partial charge in [-0.3, -0.25) is 0 Å². The smallest absolute Gasteiger partial charge is 0.142 e. The molecule has 0 aliphatic heterocycles. The molecule has 0 amide bonds. The first kappa shape index (κ1) is 12.5. The fourth-order valence-electron chi connectivity index (χ4n) is 1.20. The Morgan fingerprint density at radius 2 is 2.25 bits per heavy atom. The Morgan fingerprint density at radius 3 is 2.88 bits per heavy atom. The number of ether oxygens (including phenoxy) is 1. The van der Waals surface area contributed by atoms with Crippen LogP contribution in [0.25, 0.3) is 0 Å². The van der Waals surface area contributed by atoms with Crippen molar-refractivity contribution in [2.75, 3.05) is 20.2 Å². The molecule has 0 fully saturated rings. The number of halogens is 1.